The van der Waals surface area contributed by atoms with Gasteiger partial charge in [-0.25, -0.2) is 0 Å². The van der Waals surface area contributed by atoms with Gasteiger partial charge in [0.05, 0.1) is 25.5 Å². The molecule has 0 bridgehead atoms. The van der Waals surface area contributed by atoms with Gasteiger partial charge in [0.1, 0.15) is 34.8 Å². The minimum absolute atomic E-state index is 0.0708. The zero-order valence-electron chi connectivity index (χ0n) is 17.3. The molecular formula is C24H21NO6. The summed E-state index contributed by atoms with van der Waals surface area (Å²) in [6.07, 6.45) is 0. The fraction of sp³-hybridized carbons (Fsp3) is 0.167. The van der Waals surface area contributed by atoms with Crippen LogP contribution in [0.25, 0.3) is 5.76 Å². The number of nitrogens with zero attached hydrogens (tertiary/aromatic N) is 1. The molecule has 1 atom stereocenters. The molecule has 0 spiro atoms. The van der Waals surface area contributed by atoms with Crippen LogP contribution in [0, 0.1) is 6.92 Å². The molecule has 31 heavy (non-hydrogen) atoms. The summed E-state index contributed by atoms with van der Waals surface area (Å²) in [4.78, 5) is 27.6. The minimum Gasteiger partial charge on any atom is -0.507 e. The normalized spacial score (nSPS) is 17.8. The Bertz CT molecular complexity index is 1190. The van der Waals surface area contributed by atoms with E-state index in [0.29, 0.717) is 34.3 Å². The maximum absolute atomic E-state index is 13.1. The predicted molar refractivity (Wildman–Crippen MR) is 114 cm³/mol. The molecule has 2 heterocycles. The van der Waals surface area contributed by atoms with Gasteiger partial charge in [-0.05, 0) is 43.3 Å². The summed E-state index contributed by atoms with van der Waals surface area (Å²) in [5.41, 5.74) is 0.681. The second-order valence-electron chi connectivity index (χ2n) is 7.02. The second-order valence-corrected chi connectivity index (χ2v) is 7.02. The van der Waals surface area contributed by atoms with Crippen molar-refractivity contribution in [1.82, 2.24) is 0 Å². The maximum atomic E-state index is 13.1. The quantitative estimate of drug-likeness (QED) is 0.378. The van der Waals surface area contributed by atoms with Crippen LogP contribution in [0.2, 0.25) is 0 Å². The largest absolute Gasteiger partial charge is 0.507 e. The van der Waals surface area contributed by atoms with E-state index in [-0.39, 0.29) is 11.3 Å². The van der Waals surface area contributed by atoms with Gasteiger partial charge in [-0.3, -0.25) is 14.5 Å². The number of hydrogen-bond donors (Lipinski definition) is 1. The summed E-state index contributed by atoms with van der Waals surface area (Å²) < 4.78 is 16.4. The van der Waals surface area contributed by atoms with Crippen LogP contribution in [0.5, 0.6) is 11.5 Å². The number of furan rings is 1. The summed E-state index contributed by atoms with van der Waals surface area (Å²) >= 11 is 0. The van der Waals surface area contributed by atoms with E-state index in [1.54, 1.807) is 67.6 Å². The fourth-order valence-electron chi connectivity index (χ4n) is 3.71. The molecule has 1 aromatic heterocycles. The Labute approximate surface area is 179 Å². The molecule has 1 aliphatic heterocycles. The van der Waals surface area contributed by atoms with E-state index in [0.717, 1.165) is 0 Å². The number of Topliss-reactive ketones (excluding diaryl/α,β-unsaturated/α-hetero) is 1. The summed E-state index contributed by atoms with van der Waals surface area (Å²) in [6, 6.07) is 16.0. The molecule has 1 N–H and O–H groups in total. The van der Waals surface area contributed by atoms with E-state index in [4.69, 9.17) is 13.9 Å². The van der Waals surface area contributed by atoms with E-state index in [2.05, 4.69) is 0 Å². The molecule has 7 heteroatoms. The van der Waals surface area contributed by atoms with E-state index < -0.39 is 17.7 Å². The third-order valence-electron chi connectivity index (χ3n) is 5.16. The summed E-state index contributed by atoms with van der Waals surface area (Å²) in [5.74, 6) is -0.0199. The standard InChI is InChI=1S/C24H21NO6/c1-14-11-12-19(31-14)21-20(22(26)15-7-6-8-16(13-15)29-2)23(27)24(28)25(21)17-9-4-5-10-18(17)30-3/h4-13,21,26H,1-3H3/b22-20-. The molecule has 1 aliphatic rings. The van der Waals surface area contributed by atoms with Crippen LogP contribution in [-0.4, -0.2) is 31.0 Å². The first-order valence-electron chi connectivity index (χ1n) is 9.61. The molecular weight excluding hydrogens is 398 g/mol. The highest BCUT2D eigenvalue weighted by molar-refractivity contribution is 6.51. The van der Waals surface area contributed by atoms with Crippen LogP contribution in [0.1, 0.15) is 23.1 Å². The van der Waals surface area contributed by atoms with Crippen molar-refractivity contribution >= 4 is 23.1 Å². The highest BCUT2D eigenvalue weighted by Crippen LogP contribution is 2.45. The number of amides is 1. The fourth-order valence-corrected chi connectivity index (χ4v) is 3.71. The predicted octanol–water partition coefficient (Wildman–Crippen LogP) is 4.23. The van der Waals surface area contributed by atoms with Crippen LogP contribution in [0.15, 0.2) is 70.7 Å². The van der Waals surface area contributed by atoms with Crippen molar-refractivity contribution in [3.8, 4) is 11.5 Å². The molecule has 2 aromatic carbocycles. The Kier molecular flexibility index (Phi) is 5.25. The first-order valence-corrected chi connectivity index (χ1v) is 9.61. The summed E-state index contributed by atoms with van der Waals surface area (Å²) in [6.45, 7) is 1.76. The number of carbonyl (C=O) groups excluding carboxylic acids is 2. The van der Waals surface area contributed by atoms with Gasteiger partial charge in [0, 0.05) is 5.56 Å². The van der Waals surface area contributed by atoms with Gasteiger partial charge in [0.25, 0.3) is 11.7 Å². The molecule has 0 saturated carbocycles. The highest BCUT2D eigenvalue weighted by Gasteiger charge is 2.49. The average molecular weight is 419 g/mol. The first kappa shape index (κ1) is 20.3. The summed E-state index contributed by atoms with van der Waals surface area (Å²) in [5, 5.41) is 11.1. The third-order valence-corrected chi connectivity index (χ3v) is 5.16. The lowest BCUT2D eigenvalue weighted by atomic mass is 9.99. The highest BCUT2D eigenvalue weighted by atomic mass is 16.5. The van der Waals surface area contributed by atoms with Gasteiger partial charge in [0.15, 0.2) is 0 Å². The van der Waals surface area contributed by atoms with Crippen LogP contribution in [-0.2, 0) is 9.59 Å². The Hall–Kier alpha value is -4.00. The van der Waals surface area contributed by atoms with Crippen molar-refractivity contribution in [2.24, 2.45) is 0 Å². The second kappa shape index (κ2) is 8.02. The lowest BCUT2D eigenvalue weighted by Crippen LogP contribution is -2.29. The Morgan fingerprint density at radius 2 is 1.77 bits per heavy atom. The first-order chi connectivity index (χ1) is 15.0. The van der Waals surface area contributed by atoms with E-state index >= 15 is 0 Å². The molecule has 0 radical (unpaired) electrons. The van der Waals surface area contributed by atoms with Crippen LogP contribution in [0.4, 0.5) is 5.69 Å². The molecule has 3 aromatic rings. The number of methoxy groups -OCH3 is 2. The number of ketones is 1. The van der Waals surface area contributed by atoms with Crippen molar-refractivity contribution < 1.29 is 28.6 Å². The maximum Gasteiger partial charge on any atom is 0.300 e. The Morgan fingerprint density at radius 1 is 1.00 bits per heavy atom. The number of hydrogen-bond acceptors (Lipinski definition) is 6. The third kappa shape index (κ3) is 3.44. The lowest BCUT2D eigenvalue weighted by molar-refractivity contribution is -0.132. The van der Waals surface area contributed by atoms with Crippen molar-refractivity contribution in [2.45, 2.75) is 13.0 Å². The number of aliphatic hydroxyl groups excluding tert-OH is 1. The van der Waals surface area contributed by atoms with Gasteiger partial charge in [-0.2, -0.15) is 0 Å². The van der Waals surface area contributed by atoms with Gasteiger partial charge >= 0.3 is 0 Å². The number of rotatable bonds is 5. The van der Waals surface area contributed by atoms with Gasteiger partial charge < -0.3 is 19.0 Å². The molecule has 7 nitrogen and oxygen atoms in total. The molecule has 1 amide bonds. The van der Waals surface area contributed by atoms with Gasteiger partial charge in [-0.1, -0.05) is 24.3 Å². The van der Waals surface area contributed by atoms with E-state index in [1.165, 1.54) is 19.1 Å². The molecule has 0 aliphatic carbocycles. The van der Waals surface area contributed by atoms with Crippen molar-refractivity contribution in [3.63, 3.8) is 0 Å². The molecule has 1 saturated heterocycles. The number of carbonyl (C=O) groups is 2. The Balaban J connectivity index is 1.96. The monoisotopic (exact) mass is 419 g/mol. The van der Waals surface area contributed by atoms with E-state index in [1.807, 2.05) is 0 Å². The van der Waals surface area contributed by atoms with Gasteiger partial charge in [-0.15, -0.1) is 0 Å². The average Bonchev–Trinajstić information content (AvgIpc) is 3.34. The SMILES string of the molecule is COc1cccc(/C(O)=C2/C(=O)C(=O)N(c3ccccc3OC)C2c2ccc(C)o2)c1. The lowest BCUT2D eigenvalue weighted by Gasteiger charge is -2.25. The van der Waals surface area contributed by atoms with Crippen molar-refractivity contribution in [3.05, 3.63) is 83.3 Å². The number of aryl methyl sites for hydroxylation is 1. The number of ether oxygens (including phenoxy) is 2. The molecule has 1 fully saturated rings. The van der Waals surface area contributed by atoms with E-state index in [9.17, 15) is 14.7 Å². The topological polar surface area (TPSA) is 89.2 Å². The number of benzene rings is 2. The summed E-state index contributed by atoms with van der Waals surface area (Å²) in [7, 11) is 2.99. The smallest absolute Gasteiger partial charge is 0.300 e. The minimum atomic E-state index is -0.962. The van der Waals surface area contributed by atoms with Crippen molar-refractivity contribution in [1.29, 1.82) is 0 Å². The van der Waals surface area contributed by atoms with Gasteiger partial charge in [0.2, 0.25) is 0 Å². The van der Waals surface area contributed by atoms with Crippen LogP contribution < -0.4 is 14.4 Å². The zero-order valence-corrected chi connectivity index (χ0v) is 17.3. The molecule has 158 valence electrons. The van der Waals surface area contributed by atoms with Crippen LogP contribution >= 0.6 is 0 Å². The molecule has 1 unspecified atom stereocenters. The number of para-hydroxylation sites is 2. The zero-order chi connectivity index (χ0) is 22.1. The number of aliphatic hydroxyl groups is 1. The van der Waals surface area contributed by atoms with Crippen molar-refractivity contribution in [2.75, 3.05) is 19.1 Å². The Morgan fingerprint density at radius 3 is 2.45 bits per heavy atom. The van der Waals surface area contributed by atoms with Crippen LogP contribution in [0.3, 0.4) is 0 Å². The molecule has 4 rings (SSSR count). The number of anilines is 1.